The van der Waals surface area contributed by atoms with Crippen LogP contribution in [0, 0.1) is 5.41 Å². The molecule has 0 aliphatic rings. The third-order valence-corrected chi connectivity index (χ3v) is 1.92. The molecule has 0 aliphatic heterocycles. The quantitative estimate of drug-likeness (QED) is 0.446. The molecule has 0 heterocycles. The smallest absolute Gasteiger partial charge is 0.250 e. The molecule has 0 radical (unpaired) electrons. The van der Waals surface area contributed by atoms with Crippen molar-refractivity contribution >= 4 is 17.9 Å². The summed E-state index contributed by atoms with van der Waals surface area (Å²) < 4.78 is 0. The van der Waals surface area contributed by atoms with Gasteiger partial charge in [0.05, 0.1) is 0 Å². The zero-order chi connectivity index (χ0) is 12.0. The average Bonchev–Trinajstić information content (AvgIpc) is 2.27. The molecule has 0 atom stereocenters. The van der Waals surface area contributed by atoms with Crippen molar-refractivity contribution in [3.05, 3.63) is 42.0 Å². The van der Waals surface area contributed by atoms with Crippen LogP contribution in [0.2, 0.25) is 0 Å². The molecule has 0 spiro atoms. The number of carbonyl (C=O) groups excluding carboxylic acids is 1. The zero-order valence-electron chi connectivity index (χ0n) is 9.40. The number of carbonyl (C=O) groups is 1. The van der Waals surface area contributed by atoms with Gasteiger partial charge in [-0.3, -0.25) is 15.5 Å². The van der Waals surface area contributed by atoms with Crippen molar-refractivity contribution in [2.45, 2.75) is 0 Å². The number of nitrogens with zero attached hydrogens (tertiary/aromatic N) is 1. The molecule has 16 heavy (non-hydrogen) atoms. The first-order valence-electron chi connectivity index (χ1n) is 4.89. The Morgan fingerprint density at radius 2 is 1.94 bits per heavy atom. The molecule has 0 saturated carbocycles. The van der Waals surface area contributed by atoms with E-state index < -0.39 is 0 Å². The third kappa shape index (κ3) is 3.96. The molecular formula is C12H15N3O. The summed E-state index contributed by atoms with van der Waals surface area (Å²) in [6, 6.07) is 9.53. The van der Waals surface area contributed by atoms with Crippen LogP contribution >= 0.6 is 0 Å². The van der Waals surface area contributed by atoms with Gasteiger partial charge in [0.15, 0.2) is 5.96 Å². The van der Waals surface area contributed by atoms with Gasteiger partial charge < -0.3 is 4.90 Å². The van der Waals surface area contributed by atoms with E-state index in [0.717, 1.165) is 5.56 Å². The van der Waals surface area contributed by atoms with Crippen molar-refractivity contribution in [1.29, 1.82) is 5.41 Å². The van der Waals surface area contributed by atoms with E-state index in [9.17, 15) is 4.79 Å². The number of guanidine groups is 1. The van der Waals surface area contributed by atoms with Crippen LogP contribution in [0.1, 0.15) is 5.56 Å². The van der Waals surface area contributed by atoms with Crippen LogP contribution in [0.15, 0.2) is 36.4 Å². The summed E-state index contributed by atoms with van der Waals surface area (Å²) in [5.74, 6) is -0.231. The van der Waals surface area contributed by atoms with Gasteiger partial charge in [0.2, 0.25) is 0 Å². The lowest BCUT2D eigenvalue weighted by Gasteiger charge is -2.12. The van der Waals surface area contributed by atoms with E-state index in [-0.39, 0.29) is 11.9 Å². The highest BCUT2D eigenvalue weighted by Crippen LogP contribution is 2.00. The SMILES string of the molecule is CN(C)C(=N)NC(=O)/C=C/c1ccccc1. The largest absolute Gasteiger partial charge is 0.349 e. The van der Waals surface area contributed by atoms with Crippen LogP contribution < -0.4 is 5.32 Å². The van der Waals surface area contributed by atoms with Gasteiger partial charge in [-0.15, -0.1) is 0 Å². The van der Waals surface area contributed by atoms with Gasteiger partial charge in [0, 0.05) is 20.2 Å². The summed E-state index contributed by atoms with van der Waals surface area (Å²) in [7, 11) is 3.40. The maximum Gasteiger partial charge on any atom is 0.250 e. The Bertz CT molecular complexity index is 396. The van der Waals surface area contributed by atoms with Gasteiger partial charge in [-0.2, -0.15) is 0 Å². The lowest BCUT2D eigenvalue weighted by atomic mass is 10.2. The number of nitrogens with one attached hydrogen (secondary N) is 2. The van der Waals surface area contributed by atoms with Crippen molar-refractivity contribution in [3.8, 4) is 0 Å². The van der Waals surface area contributed by atoms with Crippen LogP contribution in [0.4, 0.5) is 0 Å². The lowest BCUT2D eigenvalue weighted by molar-refractivity contribution is -0.115. The van der Waals surface area contributed by atoms with Crippen LogP contribution in [0.25, 0.3) is 6.08 Å². The minimum absolute atomic E-state index is 0.0720. The Kier molecular flexibility index (Phi) is 4.27. The summed E-state index contributed by atoms with van der Waals surface area (Å²) in [5, 5.41) is 9.85. The highest BCUT2D eigenvalue weighted by molar-refractivity contribution is 6.02. The average molecular weight is 217 g/mol. The van der Waals surface area contributed by atoms with Gasteiger partial charge in [-0.1, -0.05) is 30.3 Å². The molecule has 2 N–H and O–H groups in total. The number of benzene rings is 1. The molecule has 0 aliphatic carbocycles. The van der Waals surface area contributed by atoms with Gasteiger partial charge in [0.25, 0.3) is 5.91 Å². The molecule has 4 heteroatoms. The Labute approximate surface area is 95.1 Å². The third-order valence-electron chi connectivity index (χ3n) is 1.92. The van der Waals surface area contributed by atoms with Crippen molar-refractivity contribution in [2.75, 3.05) is 14.1 Å². The van der Waals surface area contributed by atoms with E-state index in [1.807, 2.05) is 30.3 Å². The van der Waals surface area contributed by atoms with Crippen LogP contribution in [-0.2, 0) is 4.79 Å². The van der Waals surface area contributed by atoms with Gasteiger partial charge in [-0.25, -0.2) is 0 Å². The molecule has 1 aromatic carbocycles. The topological polar surface area (TPSA) is 56.2 Å². The maximum absolute atomic E-state index is 11.4. The number of rotatable bonds is 2. The van der Waals surface area contributed by atoms with E-state index in [1.165, 1.54) is 11.0 Å². The number of hydrogen-bond donors (Lipinski definition) is 2. The monoisotopic (exact) mass is 217 g/mol. The molecule has 0 unspecified atom stereocenters. The fourth-order valence-corrected chi connectivity index (χ4v) is 1.01. The fraction of sp³-hybridized carbons (Fsp3) is 0.167. The Balaban J connectivity index is 2.52. The van der Waals surface area contributed by atoms with Crippen LogP contribution in [0.3, 0.4) is 0 Å². The second-order valence-corrected chi connectivity index (χ2v) is 3.48. The van der Waals surface area contributed by atoms with E-state index in [2.05, 4.69) is 5.32 Å². The predicted molar refractivity (Wildman–Crippen MR) is 65.0 cm³/mol. The molecule has 0 aromatic heterocycles. The Morgan fingerprint density at radius 1 is 1.31 bits per heavy atom. The zero-order valence-corrected chi connectivity index (χ0v) is 9.40. The minimum atomic E-state index is -0.303. The summed E-state index contributed by atoms with van der Waals surface area (Å²) >= 11 is 0. The standard InChI is InChI=1S/C12H15N3O/c1-15(2)12(13)14-11(16)9-8-10-6-4-3-5-7-10/h3-9H,1-2H3,(H2,13,14,16)/b9-8+. The highest BCUT2D eigenvalue weighted by atomic mass is 16.1. The van der Waals surface area contributed by atoms with Crippen molar-refractivity contribution in [2.24, 2.45) is 0 Å². The summed E-state index contributed by atoms with van der Waals surface area (Å²) in [5.41, 5.74) is 0.953. The molecule has 84 valence electrons. The Hall–Kier alpha value is -2.10. The maximum atomic E-state index is 11.4. The van der Waals surface area contributed by atoms with Crippen molar-refractivity contribution in [1.82, 2.24) is 10.2 Å². The summed E-state index contributed by atoms with van der Waals surface area (Å²) in [6.07, 6.45) is 3.12. The van der Waals surface area contributed by atoms with Crippen molar-refractivity contribution in [3.63, 3.8) is 0 Å². The number of amides is 1. The van der Waals surface area contributed by atoms with Crippen LogP contribution in [0.5, 0.6) is 0 Å². The molecule has 0 saturated heterocycles. The first-order valence-corrected chi connectivity index (χ1v) is 4.89. The molecular weight excluding hydrogens is 202 g/mol. The highest BCUT2D eigenvalue weighted by Gasteiger charge is 2.01. The van der Waals surface area contributed by atoms with E-state index in [1.54, 1.807) is 20.2 Å². The molecule has 0 bridgehead atoms. The molecule has 1 rings (SSSR count). The second-order valence-electron chi connectivity index (χ2n) is 3.48. The fourth-order valence-electron chi connectivity index (χ4n) is 1.01. The molecule has 4 nitrogen and oxygen atoms in total. The summed E-state index contributed by atoms with van der Waals surface area (Å²) in [6.45, 7) is 0. The first-order chi connectivity index (χ1) is 7.59. The number of hydrogen-bond acceptors (Lipinski definition) is 2. The second kappa shape index (κ2) is 5.70. The van der Waals surface area contributed by atoms with Gasteiger partial charge in [-0.05, 0) is 11.6 Å². The molecule has 1 amide bonds. The van der Waals surface area contributed by atoms with E-state index >= 15 is 0 Å². The van der Waals surface area contributed by atoms with Crippen molar-refractivity contribution < 1.29 is 4.79 Å². The van der Waals surface area contributed by atoms with Gasteiger partial charge in [0.1, 0.15) is 0 Å². The lowest BCUT2D eigenvalue weighted by Crippen LogP contribution is -2.38. The van der Waals surface area contributed by atoms with Gasteiger partial charge >= 0.3 is 0 Å². The van der Waals surface area contributed by atoms with Crippen LogP contribution in [-0.4, -0.2) is 30.9 Å². The minimum Gasteiger partial charge on any atom is -0.349 e. The first kappa shape index (κ1) is 12.0. The Morgan fingerprint density at radius 3 is 2.50 bits per heavy atom. The normalized spacial score (nSPS) is 10.1. The molecule has 1 aromatic rings. The summed E-state index contributed by atoms with van der Waals surface area (Å²) in [4.78, 5) is 12.9. The predicted octanol–water partition coefficient (Wildman–Crippen LogP) is 1.31. The van der Waals surface area contributed by atoms with E-state index in [0.29, 0.717) is 0 Å². The molecule has 0 fully saturated rings. The van der Waals surface area contributed by atoms with E-state index in [4.69, 9.17) is 5.41 Å².